The first kappa shape index (κ1) is 19.2. The molecule has 0 aromatic heterocycles. The van der Waals surface area contributed by atoms with Crippen molar-refractivity contribution in [2.45, 2.75) is 13.3 Å². The Morgan fingerprint density at radius 1 is 1.07 bits per heavy atom. The van der Waals surface area contributed by atoms with E-state index in [2.05, 4.69) is 21.9 Å². The highest BCUT2D eigenvalue weighted by atomic mass is 16.2. The lowest BCUT2D eigenvalue weighted by Gasteiger charge is -2.11. The van der Waals surface area contributed by atoms with Crippen molar-refractivity contribution in [1.29, 1.82) is 0 Å². The van der Waals surface area contributed by atoms with E-state index in [9.17, 15) is 14.4 Å². The van der Waals surface area contributed by atoms with Crippen molar-refractivity contribution in [2.75, 3.05) is 17.2 Å². The predicted octanol–water partition coefficient (Wildman–Crippen LogP) is 2.90. The molecule has 28 heavy (non-hydrogen) atoms. The zero-order chi connectivity index (χ0) is 20.1. The van der Waals surface area contributed by atoms with Gasteiger partial charge in [-0.1, -0.05) is 31.0 Å². The fraction of sp³-hybridized carbons (Fsp3) is 0.227. The van der Waals surface area contributed by atoms with Crippen LogP contribution in [0.3, 0.4) is 0 Å². The number of carbonyl (C=O) groups is 3. The first-order valence-corrected chi connectivity index (χ1v) is 9.02. The molecule has 0 aliphatic heterocycles. The molecule has 142 valence electrons. The summed E-state index contributed by atoms with van der Waals surface area (Å²) in [7, 11) is 0. The number of para-hydroxylation sites is 1. The minimum Gasteiger partial charge on any atom is -0.341 e. The average Bonchev–Trinajstić information content (AvgIpc) is 3.43. The lowest BCUT2D eigenvalue weighted by atomic mass is 10.1. The molecule has 0 heterocycles. The van der Waals surface area contributed by atoms with Crippen LogP contribution in [0.2, 0.25) is 0 Å². The monoisotopic (exact) mass is 375 g/mol. The third-order valence-corrected chi connectivity index (χ3v) is 4.61. The minimum atomic E-state index is -0.381. The summed E-state index contributed by atoms with van der Waals surface area (Å²) < 4.78 is 0. The molecular weight excluding hydrogens is 354 g/mol. The molecule has 3 N–H and O–H groups in total. The lowest BCUT2D eigenvalue weighted by Crippen LogP contribution is -2.25. The molecule has 6 nitrogen and oxygen atoms in total. The number of rotatable bonds is 6. The zero-order valence-electron chi connectivity index (χ0n) is 15.5. The van der Waals surface area contributed by atoms with Gasteiger partial charge < -0.3 is 16.0 Å². The van der Waals surface area contributed by atoms with Crippen LogP contribution in [-0.4, -0.2) is 24.3 Å². The van der Waals surface area contributed by atoms with Crippen LogP contribution in [0, 0.1) is 24.2 Å². The van der Waals surface area contributed by atoms with Gasteiger partial charge in [0, 0.05) is 17.2 Å². The molecule has 1 fully saturated rings. The smallest absolute Gasteiger partial charge is 0.255 e. The molecule has 0 saturated heterocycles. The molecule has 3 amide bonds. The van der Waals surface area contributed by atoms with E-state index in [4.69, 9.17) is 6.42 Å². The van der Waals surface area contributed by atoms with Gasteiger partial charge in [-0.25, -0.2) is 0 Å². The van der Waals surface area contributed by atoms with Crippen molar-refractivity contribution in [3.05, 3.63) is 59.7 Å². The molecule has 0 bridgehead atoms. The molecule has 1 aliphatic rings. The van der Waals surface area contributed by atoms with Crippen molar-refractivity contribution in [3.63, 3.8) is 0 Å². The lowest BCUT2D eigenvalue weighted by molar-refractivity contribution is -0.117. The van der Waals surface area contributed by atoms with E-state index in [1.807, 2.05) is 6.92 Å². The second kappa shape index (κ2) is 8.40. The normalized spacial score (nSPS) is 17.1. The Kier molecular flexibility index (Phi) is 5.75. The van der Waals surface area contributed by atoms with Gasteiger partial charge in [0.05, 0.1) is 17.8 Å². The molecule has 2 unspecified atom stereocenters. The first-order valence-electron chi connectivity index (χ1n) is 9.02. The van der Waals surface area contributed by atoms with Gasteiger partial charge in [0.2, 0.25) is 5.91 Å². The molecule has 0 spiro atoms. The number of anilines is 2. The van der Waals surface area contributed by atoms with E-state index in [0.29, 0.717) is 28.4 Å². The van der Waals surface area contributed by atoms with Crippen LogP contribution in [0.25, 0.3) is 0 Å². The standard InChI is InChI=1S/C22H21N3O3/c1-3-11-23-21(27)17-9-4-5-10-19(17)25-20(26)15-7-6-8-16(13-15)24-22(28)18-12-14(18)2/h1,4-10,13-14,18H,11-12H2,2H3,(H,23,27)(H,24,28)(H,25,26). The van der Waals surface area contributed by atoms with Crippen LogP contribution in [0.15, 0.2) is 48.5 Å². The quantitative estimate of drug-likeness (QED) is 0.679. The number of terminal acetylenes is 1. The number of benzene rings is 2. The van der Waals surface area contributed by atoms with Gasteiger partial charge in [-0.2, -0.15) is 0 Å². The molecule has 3 rings (SSSR count). The largest absolute Gasteiger partial charge is 0.341 e. The average molecular weight is 375 g/mol. The first-order chi connectivity index (χ1) is 13.5. The van der Waals surface area contributed by atoms with E-state index in [1.54, 1.807) is 48.5 Å². The predicted molar refractivity (Wildman–Crippen MR) is 108 cm³/mol. The Balaban J connectivity index is 1.72. The summed E-state index contributed by atoms with van der Waals surface area (Å²) >= 11 is 0. The van der Waals surface area contributed by atoms with E-state index in [-0.39, 0.29) is 30.2 Å². The third-order valence-electron chi connectivity index (χ3n) is 4.61. The topological polar surface area (TPSA) is 87.3 Å². The Labute approximate surface area is 163 Å². The van der Waals surface area contributed by atoms with Crippen molar-refractivity contribution in [3.8, 4) is 12.3 Å². The van der Waals surface area contributed by atoms with Gasteiger partial charge in [-0.05, 0) is 42.7 Å². The maximum atomic E-state index is 12.7. The maximum Gasteiger partial charge on any atom is 0.255 e. The number of carbonyl (C=O) groups excluding carboxylic acids is 3. The molecule has 1 saturated carbocycles. The van der Waals surface area contributed by atoms with E-state index >= 15 is 0 Å². The van der Waals surface area contributed by atoms with Crippen LogP contribution in [-0.2, 0) is 4.79 Å². The van der Waals surface area contributed by atoms with Gasteiger partial charge in [-0.3, -0.25) is 14.4 Å². The molecular formula is C22H21N3O3. The van der Waals surface area contributed by atoms with Crippen molar-refractivity contribution in [1.82, 2.24) is 5.32 Å². The van der Waals surface area contributed by atoms with Gasteiger partial charge in [0.25, 0.3) is 11.8 Å². The number of nitrogens with one attached hydrogen (secondary N) is 3. The summed E-state index contributed by atoms with van der Waals surface area (Å²) in [6.07, 6.45) is 6.06. The summed E-state index contributed by atoms with van der Waals surface area (Å²) in [5, 5.41) is 8.17. The molecule has 2 aromatic carbocycles. The van der Waals surface area contributed by atoms with Gasteiger partial charge in [0.15, 0.2) is 0 Å². The van der Waals surface area contributed by atoms with Crippen LogP contribution in [0.4, 0.5) is 11.4 Å². The molecule has 6 heteroatoms. The van der Waals surface area contributed by atoms with Crippen molar-refractivity contribution >= 4 is 29.1 Å². The Morgan fingerprint density at radius 3 is 2.54 bits per heavy atom. The van der Waals surface area contributed by atoms with Gasteiger partial charge in [-0.15, -0.1) is 6.42 Å². The second-order valence-electron chi connectivity index (χ2n) is 6.78. The molecule has 2 aromatic rings. The summed E-state index contributed by atoms with van der Waals surface area (Å²) in [5.41, 5.74) is 1.64. The maximum absolute atomic E-state index is 12.7. The second-order valence-corrected chi connectivity index (χ2v) is 6.78. The Bertz CT molecular complexity index is 961. The minimum absolute atomic E-state index is 0.0272. The SMILES string of the molecule is C#CCNC(=O)c1ccccc1NC(=O)c1cccc(NC(=O)C2CC2C)c1. The Morgan fingerprint density at radius 2 is 1.82 bits per heavy atom. The molecule has 1 aliphatic carbocycles. The highest BCUT2D eigenvalue weighted by Crippen LogP contribution is 2.38. The van der Waals surface area contributed by atoms with Crippen molar-refractivity contribution < 1.29 is 14.4 Å². The fourth-order valence-electron chi connectivity index (χ4n) is 2.87. The van der Waals surface area contributed by atoms with E-state index in [1.165, 1.54) is 0 Å². The van der Waals surface area contributed by atoms with Gasteiger partial charge in [0.1, 0.15) is 0 Å². The van der Waals surface area contributed by atoms with E-state index in [0.717, 1.165) is 6.42 Å². The Hall–Kier alpha value is -3.59. The summed E-state index contributed by atoms with van der Waals surface area (Å²) in [4.78, 5) is 37.0. The summed E-state index contributed by atoms with van der Waals surface area (Å²) in [6, 6.07) is 13.4. The van der Waals surface area contributed by atoms with Crippen molar-refractivity contribution in [2.24, 2.45) is 11.8 Å². The van der Waals surface area contributed by atoms with Crippen LogP contribution in [0.5, 0.6) is 0 Å². The van der Waals surface area contributed by atoms with Crippen LogP contribution >= 0.6 is 0 Å². The van der Waals surface area contributed by atoms with E-state index < -0.39 is 0 Å². The third kappa shape index (κ3) is 4.57. The highest BCUT2D eigenvalue weighted by Gasteiger charge is 2.39. The van der Waals surface area contributed by atoms with Crippen LogP contribution < -0.4 is 16.0 Å². The molecule has 2 atom stereocenters. The summed E-state index contributed by atoms with van der Waals surface area (Å²) in [5.74, 6) is 2.01. The number of hydrogen-bond donors (Lipinski definition) is 3. The van der Waals surface area contributed by atoms with Crippen LogP contribution in [0.1, 0.15) is 34.1 Å². The highest BCUT2D eigenvalue weighted by molar-refractivity contribution is 6.09. The number of amides is 3. The van der Waals surface area contributed by atoms with Gasteiger partial charge >= 0.3 is 0 Å². The summed E-state index contributed by atoms with van der Waals surface area (Å²) in [6.45, 7) is 2.13. The zero-order valence-corrected chi connectivity index (χ0v) is 15.5. The number of hydrogen-bond acceptors (Lipinski definition) is 3. The fourth-order valence-corrected chi connectivity index (χ4v) is 2.87. The molecule has 0 radical (unpaired) electrons.